The van der Waals surface area contributed by atoms with Crippen molar-refractivity contribution in [3.05, 3.63) is 29.8 Å². The van der Waals surface area contributed by atoms with E-state index in [0.717, 1.165) is 18.4 Å². The minimum Gasteiger partial charge on any atom is -0.449 e. The molecule has 1 heterocycles. The first kappa shape index (κ1) is 15.3. The van der Waals surface area contributed by atoms with Crippen molar-refractivity contribution in [2.24, 2.45) is 17.6 Å². The van der Waals surface area contributed by atoms with Crippen LogP contribution in [0.2, 0.25) is 0 Å². The van der Waals surface area contributed by atoms with Gasteiger partial charge in [-0.25, -0.2) is 13.2 Å². The number of piperidine rings is 1. The number of sulfonamides is 1. The molecule has 1 aromatic rings. The van der Waals surface area contributed by atoms with E-state index in [-0.39, 0.29) is 24.5 Å². The van der Waals surface area contributed by atoms with Crippen LogP contribution < -0.4 is 5.73 Å². The summed E-state index contributed by atoms with van der Waals surface area (Å²) in [5.41, 5.74) is 6.04. The number of nitrogens with two attached hydrogens (primary N) is 1. The summed E-state index contributed by atoms with van der Waals surface area (Å²) in [6, 6.07) is 6.79. The molecule has 22 heavy (non-hydrogen) atoms. The van der Waals surface area contributed by atoms with E-state index >= 15 is 0 Å². The fourth-order valence-electron chi connectivity index (χ4n) is 3.63. The summed E-state index contributed by atoms with van der Waals surface area (Å²) in [5.74, 6) is 0.289. The van der Waals surface area contributed by atoms with Gasteiger partial charge in [-0.05, 0) is 37.8 Å². The molecule has 0 radical (unpaired) electrons. The maximum Gasteiger partial charge on any atom is 0.404 e. The zero-order valence-corrected chi connectivity index (χ0v) is 13.3. The highest BCUT2D eigenvalue weighted by Gasteiger charge is 2.51. The van der Waals surface area contributed by atoms with Crippen LogP contribution in [0.3, 0.4) is 0 Å². The SMILES string of the molecule is Cc1ccc(S(=O)(=O)N2CC3CCC2C3COC(N)=O)cc1. The van der Waals surface area contributed by atoms with E-state index in [2.05, 4.69) is 0 Å². The van der Waals surface area contributed by atoms with Gasteiger partial charge in [-0.2, -0.15) is 4.31 Å². The maximum atomic E-state index is 12.8. The second-order valence-corrected chi connectivity index (χ2v) is 7.98. The first-order valence-electron chi connectivity index (χ1n) is 7.40. The summed E-state index contributed by atoms with van der Waals surface area (Å²) >= 11 is 0. The van der Waals surface area contributed by atoms with Gasteiger partial charge >= 0.3 is 6.09 Å². The van der Waals surface area contributed by atoms with Crippen LogP contribution in [0.5, 0.6) is 0 Å². The van der Waals surface area contributed by atoms with Gasteiger partial charge in [0, 0.05) is 18.5 Å². The van der Waals surface area contributed by atoms with Gasteiger partial charge in [0.15, 0.2) is 0 Å². The number of carbonyl (C=O) groups is 1. The van der Waals surface area contributed by atoms with E-state index in [1.807, 2.05) is 6.92 Å². The molecule has 1 saturated heterocycles. The summed E-state index contributed by atoms with van der Waals surface area (Å²) in [6.45, 7) is 2.61. The molecule has 1 amide bonds. The van der Waals surface area contributed by atoms with Gasteiger partial charge in [-0.3, -0.25) is 0 Å². The van der Waals surface area contributed by atoms with Crippen LogP contribution in [-0.4, -0.2) is 38.0 Å². The van der Waals surface area contributed by atoms with Crippen LogP contribution in [0.25, 0.3) is 0 Å². The Hall–Kier alpha value is -1.60. The molecule has 2 aliphatic rings. The van der Waals surface area contributed by atoms with Crippen molar-refractivity contribution in [1.29, 1.82) is 0 Å². The Morgan fingerprint density at radius 1 is 1.32 bits per heavy atom. The number of hydrogen-bond acceptors (Lipinski definition) is 4. The third-order valence-corrected chi connectivity index (χ3v) is 6.67. The number of hydrogen-bond donors (Lipinski definition) is 1. The monoisotopic (exact) mass is 324 g/mol. The summed E-state index contributed by atoms with van der Waals surface area (Å²) in [4.78, 5) is 11.1. The van der Waals surface area contributed by atoms with Crippen LogP contribution in [0.15, 0.2) is 29.2 Å². The van der Waals surface area contributed by atoms with Crippen molar-refractivity contribution in [2.75, 3.05) is 13.2 Å². The summed E-state index contributed by atoms with van der Waals surface area (Å²) in [6.07, 6.45) is 0.971. The molecule has 6 nitrogen and oxygen atoms in total. The molecule has 1 aliphatic heterocycles. The van der Waals surface area contributed by atoms with Crippen molar-refractivity contribution in [3.8, 4) is 0 Å². The molecule has 120 valence electrons. The second-order valence-electron chi connectivity index (χ2n) is 6.09. The number of ether oxygens (including phenoxy) is 1. The number of amides is 1. The van der Waals surface area contributed by atoms with Gasteiger partial charge < -0.3 is 10.5 Å². The highest BCUT2D eigenvalue weighted by Crippen LogP contribution is 2.45. The van der Waals surface area contributed by atoms with E-state index in [4.69, 9.17) is 10.5 Å². The molecule has 1 saturated carbocycles. The minimum absolute atomic E-state index is 0.0488. The summed E-state index contributed by atoms with van der Waals surface area (Å²) < 4.78 is 32.1. The lowest BCUT2D eigenvalue weighted by molar-refractivity contribution is 0.128. The number of rotatable bonds is 4. The predicted molar refractivity (Wildman–Crippen MR) is 80.6 cm³/mol. The van der Waals surface area contributed by atoms with Gasteiger partial charge in [-0.1, -0.05) is 17.7 Å². The summed E-state index contributed by atoms with van der Waals surface area (Å²) in [7, 11) is -3.50. The van der Waals surface area contributed by atoms with Crippen LogP contribution >= 0.6 is 0 Å². The maximum absolute atomic E-state index is 12.8. The lowest BCUT2D eigenvalue weighted by atomic mass is 9.99. The van der Waals surface area contributed by atoms with Gasteiger partial charge in [0.1, 0.15) is 0 Å². The van der Waals surface area contributed by atoms with Gasteiger partial charge in [-0.15, -0.1) is 0 Å². The van der Waals surface area contributed by atoms with Crippen molar-refractivity contribution in [1.82, 2.24) is 4.31 Å². The van der Waals surface area contributed by atoms with Gasteiger partial charge in [0.2, 0.25) is 10.0 Å². The molecule has 1 aromatic carbocycles. The van der Waals surface area contributed by atoms with Crippen LogP contribution in [-0.2, 0) is 14.8 Å². The average molecular weight is 324 g/mol. The number of fused-ring (bicyclic) bond motifs is 2. The molecule has 0 spiro atoms. The van der Waals surface area contributed by atoms with E-state index in [1.54, 1.807) is 28.6 Å². The zero-order chi connectivity index (χ0) is 15.9. The molecule has 0 aromatic heterocycles. The van der Waals surface area contributed by atoms with Crippen molar-refractivity contribution >= 4 is 16.1 Å². The topological polar surface area (TPSA) is 89.7 Å². The van der Waals surface area contributed by atoms with E-state index in [1.165, 1.54) is 0 Å². The number of aryl methyl sites for hydroxylation is 1. The molecule has 2 N–H and O–H groups in total. The smallest absolute Gasteiger partial charge is 0.404 e. The quantitative estimate of drug-likeness (QED) is 0.908. The Kier molecular flexibility index (Phi) is 3.86. The van der Waals surface area contributed by atoms with Gasteiger partial charge in [0.05, 0.1) is 11.5 Å². The third-order valence-electron chi connectivity index (χ3n) is 4.76. The largest absolute Gasteiger partial charge is 0.449 e. The highest BCUT2D eigenvalue weighted by atomic mass is 32.2. The van der Waals surface area contributed by atoms with Crippen molar-refractivity contribution < 1.29 is 17.9 Å². The fourth-order valence-corrected chi connectivity index (χ4v) is 5.38. The Bertz CT molecular complexity index is 671. The number of nitrogens with zero attached hydrogens (tertiary/aromatic N) is 1. The molecule has 2 bridgehead atoms. The molecule has 1 aliphatic carbocycles. The number of carbonyl (C=O) groups excluding carboxylic acids is 1. The first-order chi connectivity index (χ1) is 10.4. The number of benzene rings is 1. The molecule has 3 rings (SSSR count). The molecular formula is C15H20N2O4S. The molecule has 7 heteroatoms. The first-order valence-corrected chi connectivity index (χ1v) is 8.84. The van der Waals surface area contributed by atoms with Crippen molar-refractivity contribution in [3.63, 3.8) is 0 Å². The Labute approximate surface area is 130 Å². The molecule has 2 fully saturated rings. The van der Waals surface area contributed by atoms with Crippen LogP contribution in [0.4, 0.5) is 4.79 Å². The average Bonchev–Trinajstić information content (AvgIpc) is 3.02. The van der Waals surface area contributed by atoms with E-state index < -0.39 is 16.1 Å². The lowest BCUT2D eigenvalue weighted by Crippen LogP contribution is -2.39. The standard InChI is InChI=1S/C15H20N2O4S/c1-10-2-5-12(6-3-10)22(19,20)17-8-11-4-7-14(17)13(11)9-21-15(16)18/h2-3,5-6,11,13-14H,4,7-9H2,1H3,(H2,16,18). The third kappa shape index (κ3) is 2.59. The molecule has 3 atom stereocenters. The second kappa shape index (κ2) is 5.55. The molecular weight excluding hydrogens is 304 g/mol. The number of primary amides is 1. The minimum atomic E-state index is -3.50. The molecule has 3 unspecified atom stereocenters. The summed E-state index contributed by atoms with van der Waals surface area (Å²) in [5, 5.41) is 0. The van der Waals surface area contributed by atoms with E-state index in [9.17, 15) is 13.2 Å². The van der Waals surface area contributed by atoms with Crippen LogP contribution in [0, 0.1) is 18.8 Å². The lowest BCUT2D eigenvalue weighted by Gasteiger charge is -2.26. The Balaban J connectivity index is 1.81. The Morgan fingerprint density at radius 3 is 2.64 bits per heavy atom. The highest BCUT2D eigenvalue weighted by molar-refractivity contribution is 7.89. The normalized spacial score (nSPS) is 28.0. The predicted octanol–water partition coefficient (Wildman–Crippen LogP) is 1.49. The van der Waals surface area contributed by atoms with Crippen molar-refractivity contribution in [2.45, 2.75) is 30.7 Å². The Morgan fingerprint density at radius 2 is 2.00 bits per heavy atom. The fraction of sp³-hybridized carbons (Fsp3) is 0.533. The van der Waals surface area contributed by atoms with Crippen LogP contribution in [0.1, 0.15) is 18.4 Å². The van der Waals surface area contributed by atoms with E-state index in [0.29, 0.717) is 11.4 Å². The van der Waals surface area contributed by atoms with Gasteiger partial charge in [0.25, 0.3) is 0 Å². The zero-order valence-electron chi connectivity index (χ0n) is 12.4.